The number of thiazole rings is 1. The molecule has 9 nitrogen and oxygen atoms in total. The Morgan fingerprint density at radius 2 is 2.08 bits per heavy atom. The van der Waals surface area contributed by atoms with Gasteiger partial charge in [-0.3, -0.25) is 14.1 Å². The van der Waals surface area contributed by atoms with Gasteiger partial charge in [-0.05, 0) is 49.0 Å². The van der Waals surface area contributed by atoms with Crippen LogP contribution in [0.2, 0.25) is 0 Å². The molecule has 0 aliphatic rings. The number of imidazole rings is 1. The number of benzene rings is 1. The van der Waals surface area contributed by atoms with Crippen molar-refractivity contribution in [2.24, 2.45) is 0 Å². The van der Waals surface area contributed by atoms with Crippen LogP contribution in [0.5, 0.6) is 0 Å². The van der Waals surface area contributed by atoms with Crippen molar-refractivity contribution in [2.45, 2.75) is 6.54 Å². The van der Waals surface area contributed by atoms with E-state index in [-0.39, 0.29) is 5.91 Å². The standard InChI is InChI=1S/C26H27N7O2S2/c1-32(11-12-35-2)15-17-9-10-33-21(14-28-23(33)13-17)20-16-36-26(30-20)31-24-8-7-22(37-24)25(34)29-19-6-4-3-5-18(19)27/h3-10,13-14,16H,11-12,15,27H2,1-2H3,(H,29,34)(H,30,31). The van der Waals surface area contributed by atoms with E-state index in [2.05, 4.69) is 39.7 Å². The third-order valence-corrected chi connectivity index (χ3v) is 7.50. The first kappa shape index (κ1) is 24.9. The summed E-state index contributed by atoms with van der Waals surface area (Å²) in [5.74, 6) is -0.203. The van der Waals surface area contributed by atoms with Gasteiger partial charge in [0.1, 0.15) is 11.3 Å². The van der Waals surface area contributed by atoms with Gasteiger partial charge in [0.2, 0.25) is 0 Å². The lowest BCUT2D eigenvalue weighted by Crippen LogP contribution is -2.22. The summed E-state index contributed by atoms with van der Waals surface area (Å²) in [6, 6.07) is 15.0. The molecule has 0 spiro atoms. The van der Waals surface area contributed by atoms with E-state index in [0.717, 1.165) is 40.3 Å². The maximum Gasteiger partial charge on any atom is 0.265 e. The Kier molecular flexibility index (Phi) is 7.47. The van der Waals surface area contributed by atoms with Gasteiger partial charge in [0, 0.05) is 31.8 Å². The Morgan fingerprint density at radius 3 is 2.92 bits per heavy atom. The lowest BCUT2D eigenvalue weighted by atomic mass is 10.2. The number of nitrogens with two attached hydrogens (primary N) is 1. The van der Waals surface area contributed by atoms with Gasteiger partial charge in [-0.2, -0.15) is 0 Å². The molecule has 0 saturated heterocycles. The van der Waals surface area contributed by atoms with Crippen LogP contribution in [0.1, 0.15) is 15.2 Å². The highest BCUT2D eigenvalue weighted by Gasteiger charge is 2.14. The number of methoxy groups -OCH3 is 1. The molecule has 0 fully saturated rings. The number of nitrogens with zero attached hydrogens (tertiary/aromatic N) is 4. The van der Waals surface area contributed by atoms with Crippen LogP contribution < -0.4 is 16.4 Å². The first-order chi connectivity index (χ1) is 18.0. The van der Waals surface area contributed by atoms with Crippen LogP contribution in [0.15, 0.2) is 66.3 Å². The lowest BCUT2D eigenvalue weighted by Gasteiger charge is -2.16. The number of rotatable bonds is 10. The Hall–Kier alpha value is -3.77. The SMILES string of the molecule is COCCN(C)Cc1ccn2c(-c3csc(Nc4ccc(C(=O)Nc5ccccc5N)s4)n3)cnc2c1. The van der Waals surface area contributed by atoms with Crippen LogP contribution in [0.25, 0.3) is 17.0 Å². The van der Waals surface area contributed by atoms with E-state index in [4.69, 9.17) is 15.5 Å². The maximum absolute atomic E-state index is 12.6. The third kappa shape index (κ3) is 5.81. The van der Waals surface area contributed by atoms with Gasteiger partial charge in [0.15, 0.2) is 5.13 Å². The average Bonchev–Trinajstić information content (AvgIpc) is 3.64. The zero-order chi connectivity index (χ0) is 25.8. The van der Waals surface area contributed by atoms with Gasteiger partial charge in [-0.1, -0.05) is 12.1 Å². The first-order valence-electron chi connectivity index (χ1n) is 11.6. The smallest absolute Gasteiger partial charge is 0.265 e. The van der Waals surface area contributed by atoms with Gasteiger partial charge in [0.25, 0.3) is 5.91 Å². The van der Waals surface area contributed by atoms with Crippen LogP contribution in [0, 0.1) is 0 Å². The normalized spacial score (nSPS) is 11.3. The van der Waals surface area contributed by atoms with Crippen molar-refractivity contribution in [1.82, 2.24) is 19.3 Å². The summed E-state index contributed by atoms with van der Waals surface area (Å²) >= 11 is 2.85. The molecule has 5 rings (SSSR count). The second-order valence-corrected chi connectivity index (χ2v) is 10.4. The summed E-state index contributed by atoms with van der Waals surface area (Å²) < 4.78 is 7.20. The molecule has 0 saturated carbocycles. The van der Waals surface area contributed by atoms with E-state index < -0.39 is 0 Å². The Bertz CT molecular complexity index is 1520. The van der Waals surface area contributed by atoms with Gasteiger partial charge in [-0.25, -0.2) is 9.97 Å². The van der Waals surface area contributed by atoms with Crippen LogP contribution in [-0.4, -0.2) is 52.5 Å². The monoisotopic (exact) mass is 533 g/mol. The van der Waals surface area contributed by atoms with Gasteiger partial charge in [-0.15, -0.1) is 22.7 Å². The quantitative estimate of drug-likeness (QED) is 0.212. The lowest BCUT2D eigenvalue weighted by molar-refractivity contribution is 0.103. The number of nitrogen functional groups attached to an aromatic ring is 1. The number of carbonyl (C=O) groups is 1. The van der Waals surface area contributed by atoms with Crippen molar-refractivity contribution in [3.8, 4) is 11.4 Å². The molecule has 37 heavy (non-hydrogen) atoms. The Labute approximate surface area is 222 Å². The largest absolute Gasteiger partial charge is 0.397 e. The molecule has 1 amide bonds. The van der Waals surface area contributed by atoms with Crippen molar-refractivity contribution in [3.05, 3.63) is 76.7 Å². The molecule has 4 aromatic heterocycles. The predicted octanol–water partition coefficient (Wildman–Crippen LogP) is 5.18. The van der Waals surface area contributed by atoms with E-state index >= 15 is 0 Å². The van der Waals surface area contributed by atoms with Crippen molar-refractivity contribution < 1.29 is 9.53 Å². The van der Waals surface area contributed by atoms with Crippen molar-refractivity contribution in [1.29, 1.82) is 0 Å². The molecule has 4 heterocycles. The summed E-state index contributed by atoms with van der Waals surface area (Å²) in [7, 11) is 3.79. The summed E-state index contributed by atoms with van der Waals surface area (Å²) in [5.41, 5.74) is 10.9. The third-order valence-electron chi connectivity index (χ3n) is 5.74. The average molecular weight is 534 g/mol. The van der Waals surface area contributed by atoms with Gasteiger partial charge in [0.05, 0.1) is 39.8 Å². The molecule has 11 heteroatoms. The molecule has 0 radical (unpaired) electrons. The number of para-hydroxylation sites is 2. The number of aromatic nitrogens is 3. The summed E-state index contributed by atoms with van der Waals surface area (Å²) in [4.78, 5) is 24.8. The zero-order valence-electron chi connectivity index (χ0n) is 20.5. The zero-order valence-corrected chi connectivity index (χ0v) is 22.1. The number of anilines is 4. The maximum atomic E-state index is 12.6. The number of hydrogen-bond acceptors (Lipinski definition) is 9. The van der Waals surface area contributed by atoms with E-state index in [0.29, 0.717) is 22.9 Å². The number of likely N-dealkylation sites (N-methyl/N-ethyl adjacent to an activating group) is 1. The summed E-state index contributed by atoms with van der Waals surface area (Å²) in [6.07, 6.45) is 3.88. The van der Waals surface area contributed by atoms with Crippen LogP contribution >= 0.6 is 22.7 Å². The van der Waals surface area contributed by atoms with Crippen molar-refractivity contribution >= 4 is 55.7 Å². The van der Waals surface area contributed by atoms with Gasteiger partial charge < -0.3 is 21.1 Å². The minimum Gasteiger partial charge on any atom is -0.397 e. The highest BCUT2D eigenvalue weighted by Crippen LogP contribution is 2.31. The highest BCUT2D eigenvalue weighted by molar-refractivity contribution is 7.19. The molecule has 4 N–H and O–H groups in total. The van der Waals surface area contributed by atoms with E-state index in [1.807, 2.05) is 40.4 Å². The number of ether oxygens (including phenoxy) is 1. The molecule has 0 atom stereocenters. The van der Waals surface area contributed by atoms with E-state index in [1.165, 1.54) is 28.2 Å². The fourth-order valence-electron chi connectivity index (χ4n) is 3.82. The predicted molar refractivity (Wildman–Crippen MR) is 151 cm³/mol. The molecule has 5 aromatic rings. The molecular weight excluding hydrogens is 506 g/mol. The fraction of sp³-hybridized carbons (Fsp3) is 0.192. The summed E-state index contributed by atoms with van der Waals surface area (Å²) in [5, 5.41) is 9.72. The number of carbonyl (C=O) groups excluding carboxylic acids is 1. The number of nitrogens with one attached hydrogen (secondary N) is 2. The molecule has 1 aromatic carbocycles. The molecule has 190 valence electrons. The number of amides is 1. The number of hydrogen-bond donors (Lipinski definition) is 3. The first-order valence-corrected chi connectivity index (χ1v) is 13.3. The molecule has 0 bridgehead atoms. The molecular formula is C26H27N7O2S2. The second-order valence-electron chi connectivity index (χ2n) is 8.51. The summed E-state index contributed by atoms with van der Waals surface area (Å²) in [6.45, 7) is 2.40. The van der Waals surface area contributed by atoms with Crippen molar-refractivity contribution in [2.75, 3.05) is 43.7 Å². The van der Waals surface area contributed by atoms with Gasteiger partial charge >= 0.3 is 0 Å². The minimum absolute atomic E-state index is 0.203. The van der Waals surface area contributed by atoms with E-state index in [9.17, 15) is 4.79 Å². The molecule has 0 unspecified atom stereocenters. The van der Waals surface area contributed by atoms with Crippen LogP contribution in [0.3, 0.4) is 0 Å². The Morgan fingerprint density at radius 1 is 1.22 bits per heavy atom. The Balaban J connectivity index is 1.25. The van der Waals surface area contributed by atoms with Crippen LogP contribution in [0.4, 0.5) is 21.5 Å². The fourth-order valence-corrected chi connectivity index (χ4v) is 5.41. The number of pyridine rings is 1. The highest BCUT2D eigenvalue weighted by atomic mass is 32.1. The number of fused-ring (bicyclic) bond motifs is 1. The van der Waals surface area contributed by atoms with Crippen molar-refractivity contribution in [3.63, 3.8) is 0 Å². The van der Waals surface area contributed by atoms with Crippen LogP contribution in [-0.2, 0) is 11.3 Å². The minimum atomic E-state index is -0.203. The molecule has 0 aliphatic heterocycles. The number of thiophene rings is 1. The second kappa shape index (κ2) is 11.1. The topological polar surface area (TPSA) is 110 Å². The van der Waals surface area contributed by atoms with E-state index in [1.54, 1.807) is 25.3 Å². The molecule has 0 aliphatic carbocycles.